The highest BCUT2D eigenvalue weighted by atomic mass is 79.9. The minimum absolute atomic E-state index is 0.122. The number of benzene rings is 2. The van der Waals surface area contributed by atoms with Crippen molar-refractivity contribution in [3.63, 3.8) is 0 Å². The summed E-state index contributed by atoms with van der Waals surface area (Å²) in [5, 5.41) is 8.41. The summed E-state index contributed by atoms with van der Waals surface area (Å²) in [4.78, 5) is 0.122. The van der Waals surface area contributed by atoms with Gasteiger partial charge in [-0.15, -0.1) is 10.2 Å². The summed E-state index contributed by atoms with van der Waals surface area (Å²) in [6, 6.07) is 11.9. The molecule has 0 atom stereocenters. The summed E-state index contributed by atoms with van der Waals surface area (Å²) in [5.74, 6) is 0.474. The Bertz CT molecular complexity index is 1100. The first-order valence-corrected chi connectivity index (χ1v) is 11.0. The van der Waals surface area contributed by atoms with E-state index in [1.807, 2.05) is 24.3 Å². The third-order valence-corrected chi connectivity index (χ3v) is 7.05. The van der Waals surface area contributed by atoms with Gasteiger partial charge in [0.1, 0.15) is 0 Å². The molecule has 1 saturated heterocycles. The van der Waals surface area contributed by atoms with Gasteiger partial charge in [-0.2, -0.15) is 4.31 Å². The maximum absolute atomic E-state index is 12.9. The van der Waals surface area contributed by atoms with Crippen molar-refractivity contribution in [2.24, 2.45) is 0 Å². The van der Waals surface area contributed by atoms with Crippen molar-refractivity contribution in [1.82, 2.24) is 14.5 Å². The molecule has 1 aliphatic heterocycles. The van der Waals surface area contributed by atoms with Gasteiger partial charge in [-0.25, -0.2) is 8.42 Å². The molecule has 146 valence electrons. The van der Waals surface area contributed by atoms with Crippen LogP contribution >= 0.6 is 27.5 Å². The Morgan fingerprint density at radius 1 is 1.00 bits per heavy atom. The van der Waals surface area contributed by atoms with Crippen LogP contribution in [0.4, 0.5) is 0 Å². The molecule has 10 heteroatoms. The van der Waals surface area contributed by atoms with E-state index in [4.69, 9.17) is 20.8 Å². The molecule has 4 rings (SSSR count). The maximum atomic E-state index is 12.9. The summed E-state index contributed by atoms with van der Waals surface area (Å²) in [6.07, 6.45) is 0. The SMILES string of the molecule is O=S(=O)(c1ccc(Cl)c(-c2nnc(-c3ccc(Br)cc3)o2)c1)N1CCOCC1. The van der Waals surface area contributed by atoms with Crippen molar-refractivity contribution in [1.29, 1.82) is 0 Å². The molecular weight excluding hydrogens is 470 g/mol. The van der Waals surface area contributed by atoms with Gasteiger partial charge >= 0.3 is 0 Å². The van der Waals surface area contributed by atoms with Gasteiger partial charge in [0.2, 0.25) is 21.8 Å². The second-order valence-electron chi connectivity index (χ2n) is 6.08. The van der Waals surface area contributed by atoms with Gasteiger partial charge in [-0.05, 0) is 42.5 Å². The van der Waals surface area contributed by atoms with Crippen LogP contribution in [0.15, 0.2) is 56.2 Å². The van der Waals surface area contributed by atoms with Crippen LogP contribution in [0.3, 0.4) is 0 Å². The van der Waals surface area contributed by atoms with E-state index in [0.29, 0.717) is 42.8 Å². The fraction of sp³-hybridized carbons (Fsp3) is 0.222. The molecule has 1 aliphatic rings. The van der Waals surface area contributed by atoms with Gasteiger partial charge in [0.05, 0.1) is 28.7 Å². The molecule has 0 spiro atoms. The van der Waals surface area contributed by atoms with Crippen molar-refractivity contribution >= 4 is 37.6 Å². The zero-order valence-electron chi connectivity index (χ0n) is 14.5. The molecule has 0 radical (unpaired) electrons. The number of hydrogen-bond donors (Lipinski definition) is 0. The third kappa shape index (κ3) is 3.85. The van der Waals surface area contributed by atoms with Crippen LogP contribution in [0.2, 0.25) is 5.02 Å². The summed E-state index contributed by atoms with van der Waals surface area (Å²) >= 11 is 9.66. The van der Waals surface area contributed by atoms with E-state index in [2.05, 4.69) is 26.1 Å². The highest BCUT2D eigenvalue weighted by molar-refractivity contribution is 9.10. The van der Waals surface area contributed by atoms with Gasteiger partial charge in [-0.3, -0.25) is 0 Å². The molecule has 0 saturated carbocycles. The largest absolute Gasteiger partial charge is 0.416 e. The van der Waals surface area contributed by atoms with Gasteiger partial charge in [0.25, 0.3) is 0 Å². The minimum atomic E-state index is -3.66. The average Bonchev–Trinajstić information content (AvgIpc) is 3.19. The van der Waals surface area contributed by atoms with Crippen LogP contribution in [0.25, 0.3) is 22.9 Å². The lowest BCUT2D eigenvalue weighted by Gasteiger charge is -2.26. The van der Waals surface area contributed by atoms with Gasteiger partial charge in [0, 0.05) is 23.1 Å². The minimum Gasteiger partial charge on any atom is -0.416 e. The zero-order valence-corrected chi connectivity index (χ0v) is 17.7. The molecule has 0 unspecified atom stereocenters. The molecule has 2 aromatic carbocycles. The summed E-state index contributed by atoms with van der Waals surface area (Å²) in [7, 11) is -3.66. The van der Waals surface area contributed by atoms with Crippen molar-refractivity contribution in [2.45, 2.75) is 4.90 Å². The molecule has 1 fully saturated rings. The Kier molecular flexibility index (Phi) is 5.52. The Morgan fingerprint density at radius 2 is 1.68 bits per heavy atom. The number of hydrogen-bond acceptors (Lipinski definition) is 6. The van der Waals surface area contributed by atoms with Crippen molar-refractivity contribution in [2.75, 3.05) is 26.3 Å². The Balaban J connectivity index is 1.69. The van der Waals surface area contributed by atoms with Crippen LogP contribution in [0, 0.1) is 0 Å². The number of morpholine rings is 1. The molecule has 0 bridgehead atoms. The van der Waals surface area contributed by atoms with Crippen molar-refractivity contribution < 1.29 is 17.6 Å². The maximum Gasteiger partial charge on any atom is 0.249 e. The number of aromatic nitrogens is 2. The van der Waals surface area contributed by atoms with E-state index < -0.39 is 10.0 Å². The predicted molar refractivity (Wildman–Crippen MR) is 107 cm³/mol. The molecule has 3 aromatic rings. The van der Waals surface area contributed by atoms with Gasteiger partial charge in [-0.1, -0.05) is 27.5 Å². The first-order valence-electron chi connectivity index (χ1n) is 8.42. The lowest BCUT2D eigenvalue weighted by Crippen LogP contribution is -2.40. The number of rotatable bonds is 4. The number of sulfonamides is 1. The standard InChI is InChI=1S/C18H15BrClN3O4S/c19-13-3-1-12(2-4-13)17-21-22-18(27-17)15-11-14(5-6-16(15)20)28(24,25)23-7-9-26-10-8-23/h1-6,11H,7-10H2. The van der Waals surface area contributed by atoms with Crippen LogP contribution in [-0.2, 0) is 14.8 Å². The fourth-order valence-electron chi connectivity index (χ4n) is 2.81. The highest BCUT2D eigenvalue weighted by Gasteiger charge is 2.27. The van der Waals surface area contributed by atoms with Crippen LogP contribution in [-0.4, -0.2) is 49.2 Å². The van der Waals surface area contributed by atoms with Crippen LogP contribution < -0.4 is 0 Å². The van der Waals surface area contributed by atoms with Crippen LogP contribution in [0.5, 0.6) is 0 Å². The second-order valence-corrected chi connectivity index (χ2v) is 9.34. The molecule has 7 nitrogen and oxygen atoms in total. The molecule has 0 amide bonds. The summed E-state index contributed by atoms with van der Waals surface area (Å²) in [5.41, 5.74) is 1.11. The molecule has 0 aliphatic carbocycles. The van der Waals surface area contributed by atoms with Gasteiger partial charge in [0.15, 0.2) is 0 Å². The van der Waals surface area contributed by atoms with E-state index in [1.165, 1.54) is 22.5 Å². The molecular formula is C18H15BrClN3O4S. The first-order chi connectivity index (χ1) is 13.4. The number of halogens is 2. The highest BCUT2D eigenvalue weighted by Crippen LogP contribution is 2.32. The first kappa shape index (κ1) is 19.5. The topological polar surface area (TPSA) is 85.5 Å². The summed E-state index contributed by atoms with van der Waals surface area (Å²) < 4.78 is 39.1. The quantitative estimate of drug-likeness (QED) is 0.559. The van der Waals surface area contributed by atoms with E-state index in [-0.39, 0.29) is 10.8 Å². The zero-order chi connectivity index (χ0) is 19.7. The van der Waals surface area contributed by atoms with Crippen molar-refractivity contribution in [3.8, 4) is 22.9 Å². The monoisotopic (exact) mass is 483 g/mol. The normalized spacial score (nSPS) is 15.6. The molecule has 1 aromatic heterocycles. The van der Waals surface area contributed by atoms with E-state index >= 15 is 0 Å². The third-order valence-electron chi connectivity index (χ3n) is 4.29. The predicted octanol–water partition coefficient (Wildman–Crippen LogP) is 3.84. The Labute approximate surface area is 175 Å². The van der Waals surface area contributed by atoms with E-state index in [9.17, 15) is 8.42 Å². The smallest absolute Gasteiger partial charge is 0.249 e. The van der Waals surface area contributed by atoms with E-state index in [1.54, 1.807) is 0 Å². The molecule has 0 N–H and O–H groups in total. The average molecular weight is 485 g/mol. The fourth-order valence-corrected chi connectivity index (χ4v) is 4.70. The van der Waals surface area contributed by atoms with Crippen molar-refractivity contribution in [3.05, 3.63) is 52.0 Å². The lowest BCUT2D eigenvalue weighted by atomic mass is 10.2. The number of nitrogens with zero attached hydrogens (tertiary/aromatic N) is 3. The Hall–Kier alpha value is -1.78. The molecule has 2 heterocycles. The molecule has 28 heavy (non-hydrogen) atoms. The van der Waals surface area contributed by atoms with Crippen LogP contribution in [0.1, 0.15) is 0 Å². The summed E-state index contributed by atoms with van der Waals surface area (Å²) in [6.45, 7) is 1.38. The number of ether oxygens (including phenoxy) is 1. The van der Waals surface area contributed by atoms with E-state index in [0.717, 1.165) is 10.0 Å². The van der Waals surface area contributed by atoms with Gasteiger partial charge < -0.3 is 9.15 Å². The second kappa shape index (κ2) is 7.92. The lowest BCUT2D eigenvalue weighted by molar-refractivity contribution is 0.0730. The Morgan fingerprint density at radius 3 is 2.39 bits per heavy atom.